The van der Waals surface area contributed by atoms with Crippen LogP contribution in [-0.4, -0.2) is 27.2 Å². The van der Waals surface area contributed by atoms with Crippen LogP contribution in [0.15, 0.2) is 47.6 Å². The molecule has 0 fully saturated rings. The third-order valence-corrected chi connectivity index (χ3v) is 4.49. The molecule has 0 spiro atoms. The van der Waals surface area contributed by atoms with Gasteiger partial charge in [-0.1, -0.05) is 6.07 Å². The van der Waals surface area contributed by atoms with E-state index in [9.17, 15) is 14.9 Å². The van der Waals surface area contributed by atoms with Crippen molar-refractivity contribution in [1.29, 1.82) is 5.26 Å². The van der Waals surface area contributed by atoms with Crippen LogP contribution in [0.1, 0.15) is 32.4 Å². The zero-order valence-corrected chi connectivity index (χ0v) is 15.5. The second-order valence-corrected chi connectivity index (χ2v) is 6.84. The Morgan fingerprint density at radius 3 is 2.79 bits per heavy atom. The number of esters is 1. The van der Waals surface area contributed by atoms with Gasteiger partial charge in [0.15, 0.2) is 6.10 Å². The van der Waals surface area contributed by atoms with Gasteiger partial charge in [-0.05, 0) is 32.0 Å². The smallest absolute Gasteiger partial charge is 0.303 e. The summed E-state index contributed by atoms with van der Waals surface area (Å²) in [5.41, 5.74) is -0.275. The standard InChI is InChI=1S/C19H18N4O5/c1-12(24)27-18-17(22-9-5-4-6-16(22)21-11-20)14-10-13(23(25)26)7-8-15(14)28-19(18,2)3/h4-10,17-18H,1-3H3/t17-,18+/m1/s1. The average Bonchev–Trinajstić information content (AvgIpc) is 2.62. The van der Waals surface area contributed by atoms with E-state index in [0.717, 1.165) is 0 Å². The highest BCUT2D eigenvalue weighted by Gasteiger charge is 2.47. The van der Waals surface area contributed by atoms with Gasteiger partial charge in [0.1, 0.15) is 22.9 Å². The molecule has 2 atom stereocenters. The van der Waals surface area contributed by atoms with Crippen molar-refractivity contribution in [2.45, 2.75) is 38.5 Å². The molecule has 1 aliphatic heterocycles. The lowest BCUT2D eigenvalue weighted by atomic mass is 9.85. The molecule has 0 saturated carbocycles. The van der Waals surface area contributed by atoms with Gasteiger partial charge in [-0.25, -0.2) is 0 Å². The van der Waals surface area contributed by atoms with Crippen LogP contribution in [-0.2, 0) is 9.53 Å². The van der Waals surface area contributed by atoms with E-state index in [0.29, 0.717) is 16.8 Å². The maximum absolute atomic E-state index is 11.8. The second kappa shape index (κ2) is 7.15. The minimum absolute atomic E-state index is 0.121. The van der Waals surface area contributed by atoms with Gasteiger partial charge < -0.3 is 14.0 Å². The van der Waals surface area contributed by atoms with Gasteiger partial charge in [-0.15, -0.1) is 0 Å². The number of benzene rings is 1. The summed E-state index contributed by atoms with van der Waals surface area (Å²) in [5.74, 6) is -0.0841. The predicted molar refractivity (Wildman–Crippen MR) is 97.1 cm³/mol. The largest absolute Gasteiger partial charge is 0.484 e. The molecule has 9 heteroatoms. The number of nitrogens with zero attached hydrogens (tertiary/aromatic N) is 4. The number of carbonyl (C=O) groups excluding carboxylic acids is 1. The molecule has 1 aliphatic rings. The molecule has 0 N–H and O–H groups in total. The van der Waals surface area contributed by atoms with Crippen LogP contribution in [0.2, 0.25) is 0 Å². The van der Waals surface area contributed by atoms with Crippen LogP contribution in [0.5, 0.6) is 5.75 Å². The first kappa shape index (κ1) is 19.1. The van der Waals surface area contributed by atoms with Gasteiger partial charge in [-0.2, -0.15) is 10.3 Å². The molecular weight excluding hydrogens is 364 g/mol. The van der Waals surface area contributed by atoms with E-state index in [4.69, 9.17) is 14.7 Å². The van der Waals surface area contributed by atoms with Crippen molar-refractivity contribution in [1.82, 2.24) is 4.57 Å². The number of carbonyl (C=O) groups is 1. The molecular formula is C19H18N4O5. The van der Waals surface area contributed by atoms with Crippen molar-refractivity contribution in [3.05, 3.63) is 63.8 Å². The molecule has 0 aliphatic carbocycles. The zero-order chi connectivity index (χ0) is 20.5. The van der Waals surface area contributed by atoms with Crippen molar-refractivity contribution in [2.24, 2.45) is 4.99 Å². The van der Waals surface area contributed by atoms with E-state index >= 15 is 0 Å². The molecule has 2 aromatic rings. The van der Waals surface area contributed by atoms with Crippen LogP contribution < -0.4 is 10.2 Å². The number of nitro groups is 1. The van der Waals surface area contributed by atoms with E-state index in [1.165, 1.54) is 25.1 Å². The first-order valence-electron chi connectivity index (χ1n) is 8.49. The van der Waals surface area contributed by atoms with Gasteiger partial charge in [0.05, 0.1) is 4.92 Å². The number of nitro benzene ring substituents is 1. The summed E-state index contributed by atoms with van der Waals surface area (Å²) < 4.78 is 13.3. The second-order valence-electron chi connectivity index (χ2n) is 6.84. The molecule has 0 unspecified atom stereocenters. The summed E-state index contributed by atoms with van der Waals surface area (Å²) in [6.45, 7) is 4.82. The first-order chi connectivity index (χ1) is 13.2. The monoisotopic (exact) mass is 382 g/mol. The maximum atomic E-state index is 11.8. The third kappa shape index (κ3) is 3.44. The minimum atomic E-state index is -0.938. The summed E-state index contributed by atoms with van der Waals surface area (Å²) in [6.07, 6.45) is 2.61. The number of pyridine rings is 1. The van der Waals surface area contributed by atoms with Gasteiger partial charge in [0.2, 0.25) is 6.19 Å². The summed E-state index contributed by atoms with van der Waals surface area (Å²) in [7, 11) is 0. The number of fused-ring (bicyclic) bond motifs is 1. The van der Waals surface area contributed by atoms with Crippen LogP contribution >= 0.6 is 0 Å². The van der Waals surface area contributed by atoms with Crippen LogP contribution in [0, 0.1) is 21.6 Å². The molecule has 0 radical (unpaired) electrons. The molecule has 144 valence electrons. The van der Waals surface area contributed by atoms with Crippen molar-refractivity contribution in [3.8, 4) is 11.9 Å². The van der Waals surface area contributed by atoms with Gasteiger partial charge in [-0.3, -0.25) is 14.9 Å². The van der Waals surface area contributed by atoms with Gasteiger partial charge in [0.25, 0.3) is 5.69 Å². The van der Waals surface area contributed by atoms with Crippen molar-refractivity contribution >= 4 is 11.7 Å². The predicted octanol–water partition coefficient (Wildman–Crippen LogP) is 2.47. The van der Waals surface area contributed by atoms with E-state index in [1.54, 1.807) is 49.0 Å². The fourth-order valence-corrected chi connectivity index (χ4v) is 3.37. The number of aromatic nitrogens is 1. The molecule has 9 nitrogen and oxygen atoms in total. The van der Waals surface area contributed by atoms with E-state index in [1.807, 2.05) is 0 Å². The number of nitriles is 1. The normalized spacial score (nSPS) is 20.4. The fourth-order valence-electron chi connectivity index (χ4n) is 3.37. The highest BCUT2D eigenvalue weighted by molar-refractivity contribution is 5.66. The van der Waals surface area contributed by atoms with Crippen LogP contribution in [0.4, 0.5) is 5.69 Å². The number of non-ortho nitro benzene ring substituents is 1. The van der Waals surface area contributed by atoms with Crippen LogP contribution in [0.3, 0.4) is 0 Å². The van der Waals surface area contributed by atoms with Gasteiger partial charge in [0, 0.05) is 30.8 Å². The van der Waals surface area contributed by atoms with Crippen LogP contribution in [0.25, 0.3) is 0 Å². The molecule has 1 aromatic carbocycles. The highest BCUT2D eigenvalue weighted by Crippen LogP contribution is 2.44. The maximum Gasteiger partial charge on any atom is 0.303 e. The third-order valence-electron chi connectivity index (χ3n) is 4.49. The topological polar surface area (TPSA) is 120 Å². The number of hydrogen-bond acceptors (Lipinski definition) is 7. The summed E-state index contributed by atoms with van der Waals surface area (Å²) in [5, 5.41) is 20.3. The Bertz CT molecular complexity index is 1050. The lowest BCUT2D eigenvalue weighted by molar-refractivity contribution is -0.385. The molecule has 0 saturated heterocycles. The summed E-state index contributed by atoms with van der Waals surface area (Å²) in [6, 6.07) is 8.67. The van der Waals surface area contributed by atoms with Crippen molar-refractivity contribution in [2.75, 3.05) is 0 Å². The molecule has 2 heterocycles. The highest BCUT2D eigenvalue weighted by atomic mass is 16.6. The number of rotatable bonds is 3. The Labute approximate surface area is 160 Å². The number of hydrogen-bond donors (Lipinski definition) is 0. The van der Waals surface area contributed by atoms with Gasteiger partial charge >= 0.3 is 5.97 Å². The quantitative estimate of drug-likeness (QED) is 0.348. The Morgan fingerprint density at radius 2 is 2.14 bits per heavy atom. The fraction of sp³-hybridized carbons (Fsp3) is 0.316. The Balaban J connectivity index is 2.33. The lowest BCUT2D eigenvalue weighted by Gasteiger charge is -2.44. The van der Waals surface area contributed by atoms with E-state index in [-0.39, 0.29) is 5.69 Å². The summed E-state index contributed by atoms with van der Waals surface area (Å²) in [4.78, 5) is 26.4. The lowest BCUT2D eigenvalue weighted by Crippen LogP contribution is -2.54. The first-order valence-corrected chi connectivity index (χ1v) is 8.49. The average molecular weight is 382 g/mol. The minimum Gasteiger partial charge on any atom is -0.484 e. The molecule has 3 rings (SSSR count). The molecule has 1 aromatic heterocycles. The zero-order valence-electron chi connectivity index (χ0n) is 15.5. The molecule has 0 amide bonds. The molecule has 28 heavy (non-hydrogen) atoms. The van der Waals surface area contributed by atoms with Crippen molar-refractivity contribution in [3.63, 3.8) is 0 Å². The van der Waals surface area contributed by atoms with Crippen molar-refractivity contribution < 1.29 is 19.2 Å². The van der Waals surface area contributed by atoms with E-state index < -0.39 is 28.6 Å². The summed E-state index contributed by atoms with van der Waals surface area (Å²) >= 11 is 0. The Hall–Kier alpha value is -3.67. The number of ether oxygens (including phenoxy) is 2. The molecule has 0 bridgehead atoms. The SMILES string of the molecule is CC(=O)O[C@H]1[C@H](n2ccccc2=NC#N)c2cc([N+](=O)[O-])ccc2OC1(C)C. The Kier molecular flexibility index (Phi) is 4.88. The van der Waals surface area contributed by atoms with E-state index in [2.05, 4.69) is 4.99 Å². The Morgan fingerprint density at radius 1 is 1.39 bits per heavy atom.